The topological polar surface area (TPSA) is 98.5 Å². The Morgan fingerprint density at radius 2 is 2.00 bits per heavy atom. The predicted octanol–water partition coefficient (Wildman–Crippen LogP) is 1.33. The first-order chi connectivity index (χ1) is 9.90. The van der Waals surface area contributed by atoms with E-state index in [0.29, 0.717) is 17.2 Å². The van der Waals surface area contributed by atoms with Crippen LogP contribution in [0.4, 0.5) is 0 Å². The number of hydrogen-bond acceptors (Lipinski definition) is 5. The third-order valence-electron chi connectivity index (χ3n) is 2.74. The molecule has 0 bridgehead atoms. The van der Waals surface area contributed by atoms with Gasteiger partial charge >= 0.3 is 0 Å². The molecule has 21 heavy (non-hydrogen) atoms. The zero-order valence-electron chi connectivity index (χ0n) is 11.2. The van der Waals surface area contributed by atoms with E-state index in [0.717, 1.165) is 5.56 Å². The fourth-order valence-electron chi connectivity index (χ4n) is 1.61. The number of amides is 1. The van der Waals surface area contributed by atoms with E-state index in [2.05, 4.69) is 5.32 Å². The average molecular weight is 326 g/mol. The standard InChI is InChI=1S/C13H14N2O4S2/c1-19-10-6-12(20-8-10)13(16)15-7-9-2-4-11(5-3-9)21(14,17)18/h2-6,8H,7H2,1H3,(H,15,16)(H2,14,17,18). The predicted molar refractivity (Wildman–Crippen MR) is 79.9 cm³/mol. The van der Waals surface area contributed by atoms with Crippen molar-refractivity contribution in [3.63, 3.8) is 0 Å². The van der Waals surface area contributed by atoms with Crippen molar-refractivity contribution in [3.05, 3.63) is 46.2 Å². The van der Waals surface area contributed by atoms with E-state index in [1.54, 1.807) is 23.6 Å². The first-order valence-electron chi connectivity index (χ1n) is 5.92. The van der Waals surface area contributed by atoms with Crippen molar-refractivity contribution in [1.29, 1.82) is 0 Å². The first kappa shape index (κ1) is 15.5. The van der Waals surface area contributed by atoms with Gasteiger partial charge in [0.2, 0.25) is 10.0 Å². The number of carbonyl (C=O) groups excluding carboxylic acids is 1. The highest BCUT2D eigenvalue weighted by Gasteiger charge is 2.10. The van der Waals surface area contributed by atoms with Crippen LogP contribution in [0.1, 0.15) is 15.2 Å². The SMILES string of the molecule is COc1csc(C(=O)NCc2ccc(S(N)(=O)=O)cc2)c1. The Bertz CT molecular complexity index is 736. The second-order valence-electron chi connectivity index (χ2n) is 4.22. The Kier molecular flexibility index (Phi) is 4.61. The molecule has 0 unspecified atom stereocenters. The minimum absolute atomic E-state index is 0.0422. The van der Waals surface area contributed by atoms with Crippen LogP contribution in [0.15, 0.2) is 40.6 Å². The fourth-order valence-corrected chi connectivity index (χ4v) is 2.90. The van der Waals surface area contributed by atoms with E-state index >= 15 is 0 Å². The molecule has 0 spiro atoms. The number of hydrogen-bond donors (Lipinski definition) is 2. The maximum absolute atomic E-state index is 11.9. The van der Waals surface area contributed by atoms with E-state index < -0.39 is 10.0 Å². The molecule has 0 saturated heterocycles. The summed E-state index contributed by atoms with van der Waals surface area (Å²) in [5.41, 5.74) is 0.777. The highest BCUT2D eigenvalue weighted by atomic mass is 32.2. The Hall–Kier alpha value is -1.90. The average Bonchev–Trinajstić information content (AvgIpc) is 2.93. The Morgan fingerprint density at radius 1 is 1.33 bits per heavy atom. The number of carbonyl (C=O) groups is 1. The number of rotatable bonds is 5. The quantitative estimate of drug-likeness (QED) is 0.866. The van der Waals surface area contributed by atoms with E-state index in [1.165, 1.54) is 30.6 Å². The molecule has 0 aliphatic heterocycles. The molecular formula is C13H14N2O4S2. The molecule has 0 aliphatic rings. The van der Waals surface area contributed by atoms with Gasteiger partial charge in [0.15, 0.2) is 0 Å². The van der Waals surface area contributed by atoms with E-state index in [1.807, 2.05) is 0 Å². The molecule has 1 amide bonds. The lowest BCUT2D eigenvalue weighted by Crippen LogP contribution is -2.21. The van der Waals surface area contributed by atoms with Crippen LogP contribution in [0.2, 0.25) is 0 Å². The number of sulfonamides is 1. The van der Waals surface area contributed by atoms with Gasteiger partial charge in [-0.1, -0.05) is 12.1 Å². The zero-order chi connectivity index (χ0) is 15.5. The van der Waals surface area contributed by atoms with Crippen LogP contribution >= 0.6 is 11.3 Å². The van der Waals surface area contributed by atoms with Gasteiger partial charge in [0.25, 0.3) is 5.91 Å². The molecule has 112 valence electrons. The Morgan fingerprint density at radius 3 is 2.52 bits per heavy atom. The van der Waals surface area contributed by atoms with Crippen molar-refractivity contribution in [3.8, 4) is 5.75 Å². The van der Waals surface area contributed by atoms with Crippen LogP contribution < -0.4 is 15.2 Å². The van der Waals surface area contributed by atoms with Gasteiger partial charge in [-0.15, -0.1) is 11.3 Å². The minimum atomic E-state index is -3.69. The Labute approximate surface area is 126 Å². The number of benzene rings is 1. The summed E-state index contributed by atoms with van der Waals surface area (Å²) in [6, 6.07) is 7.68. The summed E-state index contributed by atoms with van der Waals surface area (Å²) in [5.74, 6) is 0.432. The van der Waals surface area contributed by atoms with Crippen LogP contribution in [0.25, 0.3) is 0 Å². The lowest BCUT2D eigenvalue weighted by Gasteiger charge is -2.05. The number of ether oxygens (including phenoxy) is 1. The van der Waals surface area contributed by atoms with Gasteiger partial charge in [-0.05, 0) is 17.7 Å². The molecule has 0 radical (unpaired) electrons. The highest BCUT2D eigenvalue weighted by Crippen LogP contribution is 2.20. The van der Waals surface area contributed by atoms with Crippen molar-refractivity contribution in [2.24, 2.45) is 5.14 Å². The number of methoxy groups -OCH3 is 1. The molecular weight excluding hydrogens is 312 g/mol. The molecule has 0 saturated carbocycles. The smallest absolute Gasteiger partial charge is 0.261 e. The number of nitrogens with one attached hydrogen (secondary N) is 1. The molecule has 1 aromatic heterocycles. The van der Waals surface area contributed by atoms with Gasteiger partial charge in [0.05, 0.1) is 16.9 Å². The second-order valence-corrected chi connectivity index (χ2v) is 6.70. The van der Waals surface area contributed by atoms with Gasteiger partial charge in [-0.25, -0.2) is 13.6 Å². The summed E-state index contributed by atoms with van der Waals surface area (Å²) >= 11 is 1.29. The van der Waals surface area contributed by atoms with Crippen LogP contribution in [0.5, 0.6) is 5.75 Å². The molecule has 0 fully saturated rings. The van der Waals surface area contributed by atoms with Crippen molar-refractivity contribution >= 4 is 27.3 Å². The van der Waals surface area contributed by atoms with Gasteiger partial charge in [0, 0.05) is 18.0 Å². The molecule has 1 heterocycles. The van der Waals surface area contributed by atoms with Gasteiger partial charge < -0.3 is 10.1 Å². The summed E-state index contributed by atoms with van der Waals surface area (Å²) in [6.07, 6.45) is 0. The number of nitrogens with two attached hydrogens (primary N) is 1. The van der Waals surface area contributed by atoms with Crippen molar-refractivity contribution in [2.75, 3.05) is 7.11 Å². The number of thiophene rings is 1. The summed E-state index contributed by atoms with van der Waals surface area (Å²) in [4.78, 5) is 12.5. The second kappa shape index (κ2) is 6.25. The largest absolute Gasteiger partial charge is 0.496 e. The van der Waals surface area contributed by atoms with Crippen LogP contribution in [0, 0.1) is 0 Å². The van der Waals surface area contributed by atoms with E-state index in [-0.39, 0.29) is 10.8 Å². The molecule has 8 heteroatoms. The lowest BCUT2D eigenvalue weighted by molar-refractivity contribution is 0.0954. The van der Waals surface area contributed by atoms with Gasteiger partial charge in [-0.3, -0.25) is 4.79 Å². The number of primary sulfonamides is 1. The van der Waals surface area contributed by atoms with Crippen LogP contribution in [-0.2, 0) is 16.6 Å². The molecule has 6 nitrogen and oxygen atoms in total. The molecule has 1 aromatic carbocycles. The van der Waals surface area contributed by atoms with Crippen LogP contribution in [0.3, 0.4) is 0 Å². The summed E-state index contributed by atoms with van der Waals surface area (Å²) in [6.45, 7) is 0.296. The molecule has 2 rings (SSSR count). The Balaban J connectivity index is 1.98. The minimum Gasteiger partial charge on any atom is -0.496 e. The molecule has 2 aromatic rings. The highest BCUT2D eigenvalue weighted by molar-refractivity contribution is 7.89. The summed E-state index contributed by atoms with van der Waals surface area (Å²) in [5, 5.41) is 9.50. The van der Waals surface area contributed by atoms with E-state index in [4.69, 9.17) is 9.88 Å². The lowest BCUT2D eigenvalue weighted by atomic mass is 10.2. The first-order valence-corrected chi connectivity index (χ1v) is 8.35. The van der Waals surface area contributed by atoms with Crippen molar-refractivity contribution in [1.82, 2.24) is 5.32 Å². The summed E-state index contributed by atoms with van der Waals surface area (Å²) in [7, 11) is -2.16. The van der Waals surface area contributed by atoms with E-state index in [9.17, 15) is 13.2 Å². The van der Waals surface area contributed by atoms with Gasteiger partial charge in [0.1, 0.15) is 5.75 Å². The van der Waals surface area contributed by atoms with Gasteiger partial charge in [-0.2, -0.15) is 0 Å². The molecule has 0 atom stereocenters. The maximum atomic E-state index is 11.9. The molecule has 0 aliphatic carbocycles. The monoisotopic (exact) mass is 326 g/mol. The third kappa shape index (κ3) is 4.03. The summed E-state index contributed by atoms with van der Waals surface area (Å²) < 4.78 is 27.3. The van der Waals surface area contributed by atoms with Crippen molar-refractivity contribution in [2.45, 2.75) is 11.4 Å². The zero-order valence-corrected chi connectivity index (χ0v) is 12.8. The maximum Gasteiger partial charge on any atom is 0.261 e. The van der Waals surface area contributed by atoms with Crippen LogP contribution in [-0.4, -0.2) is 21.4 Å². The normalized spacial score (nSPS) is 11.1. The third-order valence-corrected chi connectivity index (χ3v) is 4.58. The van der Waals surface area contributed by atoms with Crippen molar-refractivity contribution < 1.29 is 17.9 Å². The molecule has 3 N–H and O–H groups in total. The fraction of sp³-hybridized carbons (Fsp3) is 0.154.